The zero-order chi connectivity index (χ0) is 10.8. The lowest BCUT2D eigenvalue weighted by Gasteiger charge is -2.05. The molecule has 78 valence electrons. The number of aromatic nitrogens is 1. The van der Waals surface area contributed by atoms with Crippen molar-refractivity contribution in [2.24, 2.45) is 0 Å². The molecule has 1 heterocycles. The molecule has 0 aliphatic rings. The topological polar surface area (TPSA) is 48.0 Å². The fourth-order valence-electron chi connectivity index (χ4n) is 1.30. The van der Waals surface area contributed by atoms with Gasteiger partial charge in [-0.1, -0.05) is 29.0 Å². The Balaban J connectivity index is 2.33. The molecule has 0 unspecified atom stereocenters. The van der Waals surface area contributed by atoms with Gasteiger partial charge in [-0.25, -0.2) is 0 Å². The lowest BCUT2D eigenvalue weighted by molar-refractivity contribution is 0.786. The maximum Gasteiger partial charge on any atom is 0.307 e. The summed E-state index contributed by atoms with van der Waals surface area (Å²) in [7, 11) is 0. The Morgan fingerprint density at radius 1 is 1.47 bits per heavy atom. The molecule has 1 aromatic carbocycles. The van der Waals surface area contributed by atoms with Crippen LogP contribution >= 0.6 is 22.9 Å². The SMILES string of the molecule is Nc1cc(Cl)ccc1Cn1ccsc1=O. The molecule has 0 aliphatic carbocycles. The highest BCUT2D eigenvalue weighted by Crippen LogP contribution is 2.18. The molecule has 2 N–H and O–H groups in total. The lowest BCUT2D eigenvalue weighted by Crippen LogP contribution is -2.13. The Bertz CT molecular complexity index is 532. The molecule has 2 rings (SSSR count). The van der Waals surface area contributed by atoms with Gasteiger partial charge in [0.05, 0.1) is 6.54 Å². The van der Waals surface area contributed by atoms with E-state index in [4.69, 9.17) is 17.3 Å². The number of hydrogen-bond donors (Lipinski definition) is 1. The summed E-state index contributed by atoms with van der Waals surface area (Å²) in [6, 6.07) is 5.29. The van der Waals surface area contributed by atoms with Crippen LogP contribution in [-0.2, 0) is 6.54 Å². The highest BCUT2D eigenvalue weighted by Gasteiger charge is 2.02. The Hall–Kier alpha value is -1.26. The number of benzene rings is 1. The van der Waals surface area contributed by atoms with Crippen LogP contribution in [0.15, 0.2) is 34.6 Å². The first-order valence-corrected chi connectivity index (χ1v) is 5.60. The van der Waals surface area contributed by atoms with Crippen molar-refractivity contribution in [3.63, 3.8) is 0 Å². The van der Waals surface area contributed by atoms with E-state index in [1.807, 2.05) is 6.07 Å². The molecule has 0 aliphatic heterocycles. The fraction of sp³-hybridized carbons (Fsp3) is 0.100. The van der Waals surface area contributed by atoms with Crippen molar-refractivity contribution in [1.82, 2.24) is 4.57 Å². The van der Waals surface area contributed by atoms with E-state index < -0.39 is 0 Å². The minimum atomic E-state index is 0.0179. The Morgan fingerprint density at radius 3 is 2.87 bits per heavy atom. The van der Waals surface area contributed by atoms with E-state index >= 15 is 0 Å². The third-order valence-electron chi connectivity index (χ3n) is 2.09. The van der Waals surface area contributed by atoms with Gasteiger partial charge in [-0.2, -0.15) is 0 Å². The highest BCUT2D eigenvalue weighted by atomic mass is 35.5. The molecule has 0 bridgehead atoms. The normalized spacial score (nSPS) is 10.5. The number of nitrogens with two attached hydrogens (primary N) is 1. The average Bonchev–Trinajstić information content (AvgIpc) is 2.57. The van der Waals surface area contributed by atoms with Crippen LogP contribution in [0, 0.1) is 0 Å². The number of nitrogen functional groups attached to an aromatic ring is 1. The summed E-state index contributed by atoms with van der Waals surface area (Å²) in [6.45, 7) is 0.491. The lowest BCUT2D eigenvalue weighted by atomic mass is 10.2. The molecular formula is C10H9ClN2OS. The van der Waals surface area contributed by atoms with Gasteiger partial charge in [-0.15, -0.1) is 0 Å². The van der Waals surface area contributed by atoms with Crippen molar-refractivity contribution in [2.45, 2.75) is 6.54 Å². The summed E-state index contributed by atoms with van der Waals surface area (Å²) in [4.78, 5) is 11.3. The minimum Gasteiger partial charge on any atom is -0.398 e. The summed E-state index contributed by atoms with van der Waals surface area (Å²) in [6.07, 6.45) is 1.75. The van der Waals surface area contributed by atoms with Crippen molar-refractivity contribution in [3.05, 3.63) is 50.0 Å². The van der Waals surface area contributed by atoms with Gasteiger partial charge < -0.3 is 10.3 Å². The number of halogens is 1. The van der Waals surface area contributed by atoms with Crippen LogP contribution in [-0.4, -0.2) is 4.57 Å². The monoisotopic (exact) mass is 240 g/mol. The van der Waals surface area contributed by atoms with Gasteiger partial charge in [0.15, 0.2) is 0 Å². The number of nitrogens with zero attached hydrogens (tertiary/aromatic N) is 1. The third-order valence-corrected chi connectivity index (χ3v) is 3.02. The quantitative estimate of drug-likeness (QED) is 0.818. The van der Waals surface area contributed by atoms with Crippen LogP contribution in [0.2, 0.25) is 5.02 Å². The first-order chi connectivity index (χ1) is 7.16. The van der Waals surface area contributed by atoms with E-state index in [1.165, 1.54) is 11.3 Å². The summed E-state index contributed by atoms with van der Waals surface area (Å²) >= 11 is 6.96. The van der Waals surface area contributed by atoms with Gasteiger partial charge in [-0.3, -0.25) is 4.79 Å². The summed E-state index contributed by atoms with van der Waals surface area (Å²) in [5.41, 5.74) is 7.31. The molecule has 0 spiro atoms. The van der Waals surface area contributed by atoms with Crippen LogP contribution in [0.5, 0.6) is 0 Å². The molecule has 15 heavy (non-hydrogen) atoms. The zero-order valence-electron chi connectivity index (χ0n) is 7.81. The van der Waals surface area contributed by atoms with E-state index in [1.54, 1.807) is 28.3 Å². The highest BCUT2D eigenvalue weighted by molar-refractivity contribution is 7.07. The van der Waals surface area contributed by atoms with Crippen LogP contribution in [0.4, 0.5) is 5.69 Å². The molecule has 2 aromatic rings. The maximum absolute atomic E-state index is 11.3. The van der Waals surface area contributed by atoms with Crippen molar-refractivity contribution >= 4 is 28.6 Å². The molecule has 0 amide bonds. The Kier molecular flexibility index (Phi) is 2.79. The maximum atomic E-state index is 11.3. The molecule has 0 saturated heterocycles. The van der Waals surface area contributed by atoms with Crippen molar-refractivity contribution in [1.29, 1.82) is 0 Å². The molecule has 5 heteroatoms. The van der Waals surface area contributed by atoms with Gasteiger partial charge in [0.25, 0.3) is 0 Å². The fourth-order valence-corrected chi connectivity index (χ4v) is 2.07. The summed E-state index contributed by atoms with van der Waals surface area (Å²) < 4.78 is 1.62. The second kappa shape index (κ2) is 4.08. The summed E-state index contributed by atoms with van der Waals surface area (Å²) in [5, 5.41) is 2.36. The van der Waals surface area contributed by atoms with Crippen molar-refractivity contribution in [2.75, 3.05) is 5.73 Å². The molecule has 0 radical (unpaired) electrons. The largest absolute Gasteiger partial charge is 0.398 e. The first-order valence-electron chi connectivity index (χ1n) is 4.34. The van der Waals surface area contributed by atoms with Gasteiger partial charge >= 0.3 is 4.87 Å². The van der Waals surface area contributed by atoms with E-state index in [-0.39, 0.29) is 4.87 Å². The van der Waals surface area contributed by atoms with E-state index in [0.717, 1.165) is 5.56 Å². The second-order valence-electron chi connectivity index (χ2n) is 3.14. The number of thiazole rings is 1. The Morgan fingerprint density at radius 2 is 2.27 bits per heavy atom. The third kappa shape index (κ3) is 2.22. The smallest absolute Gasteiger partial charge is 0.307 e. The molecular weight excluding hydrogens is 232 g/mol. The minimum absolute atomic E-state index is 0.0179. The van der Waals surface area contributed by atoms with Gasteiger partial charge in [0.1, 0.15) is 0 Å². The molecule has 0 saturated carbocycles. The van der Waals surface area contributed by atoms with E-state index in [9.17, 15) is 4.79 Å². The van der Waals surface area contributed by atoms with Gasteiger partial charge in [0, 0.05) is 22.3 Å². The molecule has 3 nitrogen and oxygen atoms in total. The van der Waals surface area contributed by atoms with E-state index in [0.29, 0.717) is 17.3 Å². The van der Waals surface area contributed by atoms with Crippen LogP contribution in [0.3, 0.4) is 0 Å². The number of rotatable bonds is 2. The molecule has 0 atom stereocenters. The average molecular weight is 241 g/mol. The second-order valence-corrected chi connectivity index (χ2v) is 4.43. The van der Waals surface area contributed by atoms with Gasteiger partial charge in [0.2, 0.25) is 0 Å². The van der Waals surface area contributed by atoms with E-state index in [2.05, 4.69) is 0 Å². The van der Waals surface area contributed by atoms with Crippen LogP contribution in [0.25, 0.3) is 0 Å². The van der Waals surface area contributed by atoms with Gasteiger partial charge in [-0.05, 0) is 17.7 Å². The molecule has 0 fully saturated rings. The van der Waals surface area contributed by atoms with Crippen molar-refractivity contribution < 1.29 is 0 Å². The zero-order valence-corrected chi connectivity index (χ0v) is 9.39. The standard InChI is InChI=1S/C10H9ClN2OS/c11-8-2-1-7(9(12)5-8)6-13-3-4-15-10(13)14/h1-5H,6,12H2. The molecule has 1 aromatic heterocycles. The predicted molar refractivity (Wildman–Crippen MR) is 63.5 cm³/mol. The van der Waals surface area contributed by atoms with Crippen LogP contribution in [0.1, 0.15) is 5.56 Å². The number of anilines is 1. The number of hydrogen-bond acceptors (Lipinski definition) is 3. The van der Waals surface area contributed by atoms with Crippen molar-refractivity contribution in [3.8, 4) is 0 Å². The first kappa shape index (κ1) is 10.3. The Labute approximate surface area is 95.7 Å². The summed E-state index contributed by atoms with van der Waals surface area (Å²) in [5.74, 6) is 0. The predicted octanol–water partition coefficient (Wildman–Crippen LogP) is 2.19. The van der Waals surface area contributed by atoms with Crippen LogP contribution < -0.4 is 10.6 Å².